The SMILES string of the molecule is Cc1nc(NC2CC(Cl)C2)ncc1Br. The maximum Gasteiger partial charge on any atom is 0.223 e. The first-order chi connectivity index (χ1) is 6.65. The van der Waals surface area contributed by atoms with E-state index in [1.54, 1.807) is 6.20 Å². The minimum Gasteiger partial charge on any atom is -0.351 e. The van der Waals surface area contributed by atoms with Crippen LogP contribution in [0.15, 0.2) is 10.7 Å². The van der Waals surface area contributed by atoms with E-state index in [4.69, 9.17) is 11.6 Å². The van der Waals surface area contributed by atoms with E-state index < -0.39 is 0 Å². The summed E-state index contributed by atoms with van der Waals surface area (Å²) in [6.45, 7) is 1.95. The van der Waals surface area contributed by atoms with Crippen LogP contribution >= 0.6 is 27.5 Å². The number of alkyl halides is 1. The summed E-state index contributed by atoms with van der Waals surface area (Å²) in [6.07, 6.45) is 3.77. The highest BCUT2D eigenvalue weighted by Crippen LogP contribution is 2.27. The Bertz CT molecular complexity index is 339. The van der Waals surface area contributed by atoms with Gasteiger partial charge in [0.05, 0.1) is 10.2 Å². The predicted octanol–water partition coefficient (Wildman–Crippen LogP) is 2.73. The lowest BCUT2D eigenvalue weighted by atomic mass is 9.93. The van der Waals surface area contributed by atoms with E-state index >= 15 is 0 Å². The molecule has 1 aliphatic carbocycles. The number of halogens is 2. The van der Waals surface area contributed by atoms with Gasteiger partial charge in [0.25, 0.3) is 0 Å². The second-order valence-electron chi connectivity index (χ2n) is 3.54. The van der Waals surface area contributed by atoms with E-state index in [1.165, 1.54) is 0 Å². The number of nitrogens with zero attached hydrogens (tertiary/aromatic N) is 2. The molecule has 1 N–H and O–H groups in total. The van der Waals surface area contributed by atoms with Gasteiger partial charge in [0, 0.05) is 17.6 Å². The van der Waals surface area contributed by atoms with Crippen LogP contribution in [0.5, 0.6) is 0 Å². The molecule has 0 spiro atoms. The maximum absolute atomic E-state index is 5.88. The van der Waals surface area contributed by atoms with Gasteiger partial charge in [-0.3, -0.25) is 0 Å². The Morgan fingerprint density at radius 1 is 1.57 bits per heavy atom. The normalized spacial score (nSPS) is 25.6. The molecule has 1 aromatic heterocycles. The van der Waals surface area contributed by atoms with Gasteiger partial charge in [-0.2, -0.15) is 0 Å². The van der Waals surface area contributed by atoms with Crippen molar-refractivity contribution in [3.63, 3.8) is 0 Å². The molecule has 0 bridgehead atoms. The molecule has 0 unspecified atom stereocenters. The Morgan fingerprint density at radius 2 is 2.29 bits per heavy atom. The summed E-state index contributed by atoms with van der Waals surface area (Å²) in [7, 11) is 0. The molecule has 0 radical (unpaired) electrons. The van der Waals surface area contributed by atoms with Gasteiger partial charge in [0.2, 0.25) is 5.95 Å². The van der Waals surface area contributed by atoms with E-state index in [0.29, 0.717) is 17.4 Å². The van der Waals surface area contributed by atoms with Crippen molar-refractivity contribution in [1.82, 2.24) is 9.97 Å². The number of nitrogens with one attached hydrogen (secondary N) is 1. The Morgan fingerprint density at radius 3 is 2.86 bits per heavy atom. The van der Waals surface area contributed by atoms with Crippen molar-refractivity contribution in [1.29, 1.82) is 0 Å². The Balaban J connectivity index is 2.00. The van der Waals surface area contributed by atoms with Gasteiger partial charge in [-0.05, 0) is 35.7 Å². The van der Waals surface area contributed by atoms with Crippen molar-refractivity contribution in [2.75, 3.05) is 5.32 Å². The number of aromatic nitrogens is 2. The van der Waals surface area contributed by atoms with E-state index in [-0.39, 0.29) is 0 Å². The molecule has 1 aromatic rings. The second-order valence-corrected chi connectivity index (χ2v) is 5.01. The van der Waals surface area contributed by atoms with Crippen molar-refractivity contribution in [2.24, 2.45) is 0 Å². The Hall–Kier alpha value is -0.350. The molecule has 1 heterocycles. The second kappa shape index (κ2) is 4.03. The molecule has 1 saturated carbocycles. The van der Waals surface area contributed by atoms with Crippen molar-refractivity contribution in [2.45, 2.75) is 31.2 Å². The summed E-state index contributed by atoms with van der Waals surface area (Å²) in [5, 5.41) is 3.57. The third-order valence-corrected chi connectivity index (χ3v) is 3.47. The molecular weight excluding hydrogens is 265 g/mol. The predicted molar refractivity (Wildman–Crippen MR) is 60.8 cm³/mol. The first-order valence-corrected chi connectivity index (χ1v) is 5.78. The fraction of sp³-hybridized carbons (Fsp3) is 0.556. The topological polar surface area (TPSA) is 37.8 Å². The molecule has 76 valence electrons. The van der Waals surface area contributed by atoms with Crippen LogP contribution in [0.3, 0.4) is 0 Å². The molecule has 5 heteroatoms. The Kier molecular flexibility index (Phi) is 2.93. The maximum atomic E-state index is 5.88. The summed E-state index contributed by atoms with van der Waals surface area (Å²) in [6, 6.07) is 0.443. The largest absolute Gasteiger partial charge is 0.351 e. The molecule has 14 heavy (non-hydrogen) atoms. The van der Waals surface area contributed by atoms with Gasteiger partial charge < -0.3 is 5.32 Å². The number of rotatable bonds is 2. The van der Waals surface area contributed by atoms with Crippen molar-refractivity contribution >= 4 is 33.5 Å². The molecule has 0 amide bonds. The van der Waals surface area contributed by atoms with E-state index in [1.807, 2.05) is 6.92 Å². The van der Waals surface area contributed by atoms with Gasteiger partial charge >= 0.3 is 0 Å². The summed E-state index contributed by atoms with van der Waals surface area (Å²) in [5.74, 6) is 0.694. The minimum atomic E-state index is 0.323. The van der Waals surface area contributed by atoms with Crippen LogP contribution in [0.2, 0.25) is 0 Å². The first-order valence-electron chi connectivity index (χ1n) is 4.55. The molecule has 1 aliphatic rings. The summed E-state index contributed by atoms with van der Waals surface area (Å²) in [4.78, 5) is 8.48. The van der Waals surface area contributed by atoms with Crippen molar-refractivity contribution < 1.29 is 0 Å². The fourth-order valence-electron chi connectivity index (χ4n) is 1.37. The van der Waals surface area contributed by atoms with E-state index in [0.717, 1.165) is 23.0 Å². The summed E-state index contributed by atoms with van der Waals surface area (Å²) < 4.78 is 0.937. The van der Waals surface area contributed by atoms with Gasteiger partial charge in [-0.15, -0.1) is 11.6 Å². The highest BCUT2D eigenvalue weighted by Gasteiger charge is 2.27. The van der Waals surface area contributed by atoms with Gasteiger partial charge in [-0.25, -0.2) is 9.97 Å². The molecule has 3 nitrogen and oxygen atoms in total. The van der Waals surface area contributed by atoms with Crippen LogP contribution in [-0.4, -0.2) is 21.4 Å². The third-order valence-electron chi connectivity index (χ3n) is 2.33. The first kappa shape index (κ1) is 10.2. The van der Waals surface area contributed by atoms with E-state index in [2.05, 4.69) is 31.2 Å². The highest BCUT2D eigenvalue weighted by molar-refractivity contribution is 9.10. The monoisotopic (exact) mass is 275 g/mol. The van der Waals surface area contributed by atoms with E-state index in [9.17, 15) is 0 Å². The lowest BCUT2D eigenvalue weighted by Gasteiger charge is -2.31. The number of aryl methyl sites for hydroxylation is 1. The lowest BCUT2D eigenvalue weighted by Crippen LogP contribution is -2.36. The number of hydrogen-bond donors (Lipinski definition) is 1. The van der Waals surface area contributed by atoms with Crippen LogP contribution < -0.4 is 5.32 Å². The number of anilines is 1. The zero-order valence-corrected chi connectivity index (χ0v) is 10.1. The Labute approximate surface area is 96.4 Å². The van der Waals surface area contributed by atoms with Crippen LogP contribution in [-0.2, 0) is 0 Å². The molecule has 0 atom stereocenters. The molecule has 1 fully saturated rings. The van der Waals surface area contributed by atoms with Gasteiger partial charge in [-0.1, -0.05) is 0 Å². The van der Waals surface area contributed by atoms with Crippen LogP contribution in [0.25, 0.3) is 0 Å². The number of hydrogen-bond acceptors (Lipinski definition) is 3. The standard InChI is InChI=1S/C9H11BrClN3/c1-5-8(10)4-12-9(13-5)14-7-2-6(11)3-7/h4,6-7H,2-3H2,1H3,(H,12,13,14). The molecule has 0 aliphatic heterocycles. The average Bonchev–Trinajstić information content (AvgIpc) is 2.09. The highest BCUT2D eigenvalue weighted by atomic mass is 79.9. The van der Waals surface area contributed by atoms with Gasteiger partial charge in [0.1, 0.15) is 0 Å². The van der Waals surface area contributed by atoms with Crippen LogP contribution in [0.4, 0.5) is 5.95 Å². The van der Waals surface area contributed by atoms with Crippen molar-refractivity contribution in [3.05, 3.63) is 16.4 Å². The lowest BCUT2D eigenvalue weighted by molar-refractivity contribution is 0.452. The quantitative estimate of drug-likeness (QED) is 0.844. The molecule has 2 rings (SSSR count). The van der Waals surface area contributed by atoms with Crippen LogP contribution in [0.1, 0.15) is 18.5 Å². The minimum absolute atomic E-state index is 0.323. The third kappa shape index (κ3) is 2.17. The van der Waals surface area contributed by atoms with Crippen LogP contribution in [0, 0.1) is 6.92 Å². The smallest absolute Gasteiger partial charge is 0.223 e. The summed E-state index contributed by atoms with van der Waals surface area (Å²) in [5.41, 5.74) is 0.948. The zero-order valence-electron chi connectivity index (χ0n) is 7.80. The van der Waals surface area contributed by atoms with Crippen molar-refractivity contribution in [3.8, 4) is 0 Å². The molecular formula is C9H11BrClN3. The summed E-state index contributed by atoms with van der Waals surface area (Å²) >= 11 is 9.24. The average molecular weight is 277 g/mol. The fourth-order valence-corrected chi connectivity index (χ4v) is 1.99. The zero-order chi connectivity index (χ0) is 10.1. The van der Waals surface area contributed by atoms with Gasteiger partial charge in [0.15, 0.2) is 0 Å². The molecule has 0 aromatic carbocycles. The molecule has 0 saturated heterocycles.